The smallest absolute Gasteiger partial charge is 0.325 e. The van der Waals surface area contributed by atoms with Crippen LogP contribution < -0.4 is 16.4 Å². The number of nitrogens with two attached hydrogens (primary N) is 1. The molecule has 0 fully saturated rings. The van der Waals surface area contributed by atoms with Gasteiger partial charge in [-0.3, -0.25) is 14.4 Å². The predicted octanol–water partition coefficient (Wildman–Crippen LogP) is -0.414. The number of phenols is 1. The van der Waals surface area contributed by atoms with Gasteiger partial charge in [-0.1, -0.05) is 12.1 Å². The highest BCUT2D eigenvalue weighted by molar-refractivity contribution is 5.91. The molecule has 0 spiro atoms. The molecule has 0 heterocycles. The largest absolute Gasteiger partial charge is 0.508 e. The molecule has 3 atom stereocenters. The summed E-state index contributed by atoms with van der Waals surface area (Å²) >= 11 is 0. The maximum atomic E-state index is 12.5. The number of hydrogen-bond donors (Lipinski definition) is 5. The van der Waals surface area contributed by atoms with Crippen molar-refractivity contribution in [2.24, 2.45) is 5.73 Å². The number of nitrogens with one attached hydrogen (secondary N) is 2. The third-order valence-electron chi connectivity index (χ3n) is 3.66. The molecule has 0 aliphatic carbocycles. The van der Waals surface area contributed by atoms with Gasteiger partial charge in [0.1, 0.15) is 30.0 Å². The fourth-order valence-corrected chi connectivity index (χ4v) is 2.22. The minimum atomic E-state index is -1.21. The first-order chi connectivity index (χ1) is 12.9. The highest BCUT2D eigenvalue weighted by Gasteiger charge is 2.27. The van der Waals surface area contributed by atoms with Gasteiger partial charge in [0.25, 0.3) is 0 Å². The first-order valence-electron chi connectivity index (χ1n) is 8.90. The van der Waals surface area contributed by atoms with Crippen LogP contribution in [-0.4, -0.2) is 58.3 Å². The Morgan fingerprint density at radius 3 is 2.21 bits per heavy atom. The minimum absolute atomic E-state index is 0.0647. The van der Waals surface area contributed by atoms with Crippen molar-refractivity contribution < 1.29 is 29.3 Å². The quantitative estimate of drug-likeness (QED) is 0.375. The number of aliphatic hydroxyl groups is 1. The number of amides is 2. The van der Waals surface area contributed by atoms with E-state index in [1.54, 1.807) is 32.9 Å². The highest BCUT2D eigenvalue weighted by atomic mass is 16.6. The lowest BCUT2D eigenvalue weighted by atomic mass is 10.0. The zero-order valence-electron chi connectivity index (χ0n) is 16.6. The van der Waals surface area contributed by atoms with Crippen LogP contribution in [0.2, 0.25) is 0 Å². The van der Waals surface area contributed by atoms with Gasteiger partial charge in [0.15, 0.2) is 0 Å². The van der Waals surface area contributed by atoms with E-state index in [0.29, 0.717) is 5.56 Å². The average molecular weight is 395 g/mol. The summed E-state index contributed by atoms with van der Waals surface area (Å²) in [4.78, 5) is 36.5. The van der Waals surface area contributed by atoms with Crippen LogP contribution in [0, 0.1) is 0 Å². The second kappa shape index (κ2) is 10.0. The van der Waals surface area contributed by atoms with Gasteiger partial charge in [-0.25, -0.2) is 0 Å². The van der Waals surface area contributed by atoms with Gasteiger partial charge in [0.2, 0.25) is 11.8 Å². The van der Waals surface area contributed by atoms with Gasteiger partial charge in [-0.2, -0.15) is 0 Å². The van der Waals surface area contributed by atoms with Crippen molar-refractivity contribution in [1.29, 1.82) is 0 Å². The van der Waals surface area contributed by atoms with E-state index in [9.17, 15) is 24.6 Å². The molecule has 0 aromatic heterocycles. The molecule has 0 unspecified atom stereocenters. The molecule has 9 heteroatoms. The summed E-state index contributed by atoms with van der Waals surface area (Å²) in [6, 6.07) is 3.86. The summed E-state index contributed by atoms with van der Waals surface area (Å²) in [6.07, 6.45) is -1.00. The lowest BCUT2D eigenvalue weighted by molar-refractivity contribution is -0.154. The van der Waals surface area contributed by atoms with Crippen molar-refractivity contribution in [1.82, 2.24) is 10.6 Å². The van der Waals surface area contributed by atoms with E-state index in [-0.39, 0.29) is 18.7 Å². The van der Waals surface area contributed by atoms with Crippen molar-refractivity contribution in [2.75, 3.05) is 6.54 Å². The molecule has 0 saturated heterocycles. The first kappa shape index (κ1) is 23.4. The molecular formula is C19H29N3O6. The molecule has 2 amide bonds. The maximum absolute atomic E-state index is 12.5. The summed E-state index contributed by atoms with van der Waals surface area (Å²) in [5.74, 6) is -1.86. The molecule has 9 nitrogen and oxygen atoms in total. The summed E-state index contributed by atoms with van der Waals surface area (Å²) < 4.78 is 5.13. The van der Waals surface area contributed by atoms with E-state index < -0.39 is 41.6 Å². The van der Waals surface area contributed by atoms with Crippen molar-refractivity contribution >= 4 is 17.8 Å². The molecule has 6 N–H and O–H groups in total. The molecule has 0 saturated carbocycles. The van der Waals surface area contributed by atoms with Gasteiger partial charge >= 0.3 is 5.97 Å². The maximum Gasteiger partial charge on any atom is 0.325 e. The van der Waals surface area contributed by atoms with Crippen LogP contribution in [0.4, 0.5) is 0 Å². The standard InChI is InChI=1S/C19H29N3O6/c1-11(23)16(20)18(27)22-14(9-12-5-7-13(24)8-6-12)17(26)21-10-15(25)28-19(2,3)4/h5-8,11,14,16,23-24H,9-10,20H2,1-4H3,(H,21,26)(H,22,27)/t11-,14+,16+/m1/s1. The molecular weight excluding hydrogens is 366 g/mol. The molecule has 1 rings (SSSR count). The van der Waals surface area contributed by atoms with E-state index in [1.807, 2.05) is 0 Å². The van der Waals surface area contributed by atoms with Crippen molar-refractivity contribution in [3.8, 4) is 5.75 Å². The SMILES string of the molecule is C[C@@H](O)[C@H](N)C(=O)N[C@@H](Cc1ccc(O)cc1)C(=O)NCC(=O)OC(C)(C)C. The highest BCUT2D eigenvalue weighted by Crippen LogP contribution is 2.12. The fraction of sp³-hybridized carbons (Fsp3) is 0.526. The summed E-state index contributed by atoms with van der Waals surface area (Å²) in [5.41, 5.74) is 5.59. The summed E-state index contributed by atoms with van der Waals surface area (Å²) in [6.45, 7) is 6.12. The number of aromatic hydroxyl groups is 1. The summed E-state index contributed by atoms with van der Waals surface area (Å²) in [5, 5.41) is 23.8. The van der Waals surface area contributed by atoms with Crippen LogP contribution in [0.5, 0.6) is 5.75 Å². The number of ether oxygens (including phenoxy) is 1. The molecule has 1 aromatic carbocycles. The van der Waals surface area contributed by atoms with Crippen molar-refractivity contribution in [3.05, 3.63) is 29.8 Å². The Morgan fingerprint density at radius 1 is 1.14 bits per heavy atom. The molecule has 1 aromatic rings. The Balaban J connectivity index is 2.83. The van der Waals surface area contributed by atoms with Crippen LogP contribution in [0.3, 0.4) is 0 Å². The number of carbonyl (C=O) groups excluding carboxylic acids is 3. The number of benzene rings is 1. The van der Waals surface area contributed by atoms with Crippen LogP contribution >= 0.6 is 0 Å². The Hall–Kier alpha value is -2.65. The number of hydrogen-bond acceptors (Lipinski definition) is 7. The molecule has 0 radical (unpaired) electrons. The van der Waals surface area contributed by atoms with Crippen molar-refractivity contribution in [3.63, 3.8) is 0 Å². The Morgan fingerprint density at radius 2 is 1.71 bits per heavy atom. The molecule has 156 valence electrons. The number of esters is 1. The third-order valence-corrected chi connectivity index (χ3v) is 3.66. The summed E-state index contributed by atoms with van der Waals surface area (Å²) in [7, 11) is 0. The monoisotopic (exact) mass is 395 g/mol. The second-order valence-corrected chi connectivity index (χ2v) is 7.50. The van der Waals surface area contributed by atoms with E-state index in [0.717, 1.165) is 0 Å². The van der Waals surface area contributed by atoms with E-state index in [1.165, 1.54) is 19.1 Å². The molecule has 0 bridgehead atoms. The Bertz CT molecular complexity index is 682. The number of carbonyl (C=O) groups is 3. The third kappa shape index (κ3) is 8.36. The van der Waals surface area contributed by atoms with Gasteiger partial charge in [-0.05, 0) is 45.4 Å². The minimum Gasteiger partial charge on any atom is -0.508 e. The van der Waals surface area contributed by atoms with Gasteiger partial charge in [-0.15, -0.1) is 0 Å². The zero-order chi connectivity index (χ0) is 21.5. The van der Waals surface area contributed by atoms with E-state index in [2.05, 4.69) is 10.6 Å². The first-order valence-corrected chi connectivity index (χ1v) is 8.90. The van der Waals surface area contributed by atoms with Crippen LogP contribution in [0.15, 0.2) is 24.3 Å². The van der Waals surface area contributed by atoms with Crippen molar-refractivity contribution in [2.45, 2.75) is 57.9 Å². The lowest BCUT2D eigenvalue weighted by Gasteiger charge is -2.23. The number of phenolic OH excluding ortho intramolecular Hbond substituents is 1. The molecule has 28 heavy (non-hydrogen) atoms. The second-order valence-electron chi connectivity index (χ2n) is 7.50. The number of aliphatic hydroxyl groups excluding tert-OH is 1. The van der Waals surface area contributed by atoms with E-state index >= 15 is 0 Å². The normalized spacial score (nSPS) is 14.5. The fourth-order valence-electron chi connectivity index (χ4n) is 2.22. The van der Waals surface area contributed by atoms with Gasteiger partial charge in [0.05, 0.1) is 6.10 Å². The molecule has 0 aliphatic rings. The van der Waals surface area contributed by atoms with E-state index in [4.69, 9.17) is 10.5 Å². The van der Waals surface area contributed by atoms with Gasteiger partial charge < -0.3 is 31.3 Å². The Labute approximate surface area is 164 Å². The molecule has 0 aliphatic heterocycles. The predicted molar refractivity (Wildman–Crippen MR) is 102 cm³/mol. The number of rotatable bonds is 8. The average Bonchev–Trinajstić information content (AvgIpc) is 2.58. The topological polar surface area (TPSA) is 151 Å². The zero-order valence-corrected chi connectivity index (χ0v) is 16.6. The van der Waals surface area contributed by atoms with Crippen LogP contribution in [0.1, 0.15) is 33.3 Å². The van der Waals surface area contributed by atoms with Gasteiger partial charge in [0, 0.05) is 6.42 Å². The van der Waals surface area contributed by atoms with Crippen LogP contribution in [-0.2, 0) is 25.5 Å². The van der Waals surface area contributed by atoms with Crippen LogP contribution in [0.25, 0.3) is 0 Å². The Kier molecular flexibility index (Phi) is 8.39. The lowest BCUT2D eigenvalue weighted by Crippen LogP contribution is -2.55.